The van der Waals surface area contributed by atoms with Crippen LogP contribution in [0.4, 0.5) is 28.4 Å². The molecular weight excluding hydrogens is 868 g/mol. The monoisotopic (exact) mass is 947 g/mol. The van der Waals surface area contributed by atoms with Gasteiger partial charge in [0.25, 0.3) is 6.71 Å². The van der Waals surface area contributed by atoms with Crippen molar-refractivity contribution >= 4 is 46.1 Å². The maximum Gasteiger partial charge on any atom is 0.252 e. The van der Waals surface area contributed by atoms with Crippen LogP contribution in [0.1, 0.15) is 206 Å². The van der Waals surface area contributed by atoms with Crippen molar-refractivity contribution in [1.82, 2.24) is 0 Å². The molecule has 0 N–H and O–H groups in total. The van der Waals surface area contributed by atoms with E-state index in [0.717, 1.165) is 0 Å². The van der Waals surface area contributed by atoms with Gasteiger partial charge >= 0.3 is 0 Å². The van der Waals surface area contributed by atoms with E-state index in [1.54, 1.807) is 50.0 Å². The Hall–Kier alpha value is -4.76. The van der Waals surface area contributed by atoms with Gasteiger partial charge in [-0.1, -0.05) is 133 Å². The van der Waals surface area contributed by atoms with Crippen LogP contribution in [0.15, 0.2) is 101 Å². The van der Waals surface area contributed by atoms with Crippen molar-refractivity contribution in [3.05, 3.63) is 146 Å². The number of anilines is 5. The molecule has 0 aromatic heterocycles. The molecule has 1 fully saturated rings. The second kappa shape index (κ2) is 13.0. The lowest BCUT2D eigenvalue weighted by Gasteiger charge is -2.56. The fourth-order valence-corrected chi connectivity index (χ4v) is 18.5. The van der Waals surface area contributed by atoms with Crippen LogP contribution >= 0.6 is 0 Å². The molecule has 15 rings (SSSR count). The van der Waals surface area contributed by atoms with E-state index in [4.69, 9.17) is 0 Å². The largest absolute Gasteiger partial charge is 0.314 e. The molecule has 0 radical (unpaired) electrons. The van der Waals surface area contributed by atoms with Crippen LogP contribution in [0.5, 0.6) is 0 Å². The smallest absolute Gasteiger partial charge is 0.252 e. The first-order valence-corrected chi connectivity index (χ1v) is 28.6. The van der Waals surface area contributed by atoms with Crippen LogP contribution in [0, 0.1) is 23.7 Å². The van der Waals surface area contributed by atoms with Crippen molar-refractivity contribution in [2.75, 3.05) is 9.80 Å². The summed E-state index contributed by atoms with van der Waals surface area (Å²) in [5.41, 5.74) is 32.7. The number of fused-ring (bicyclic) bond motifs is 8. The average Bonchev–Trinajstić information content (AvgIpc) is 4.07. The summed E-state index contributed by atoms with van der Waals surface area (Å²) < 4.78 is 0. The minimum Gasteiger partial charge on any atom is -0.314 e. The van der Waals surface area contributed by atoms with Crippen LogP contribution < -0.4 is 20.7 Å². The second-order valence-electron chi connectivity index (χ2n) is 30.4. The molecule has 72 heavy (non-hydrogen) atoms. The van der Waals surface area contributed by atoms with Crippen LogP contribution in [0.3, 0.4) is 0 Å². The highest BCUT2D eigenvalue weighted by Crippen LogP contribution is 2.77. The summed E-state index contributed by atoms with van der Waals surface area (Å²) in [6, 6.07) is 34.3. The van der Waals surface area contributed by atoms with E-state index < -0.39 is 0 Å². The van der Waals surface area contributed by atoms with Gasteiger partial charge in [-0.15, -0.1) is 0 Å². The highest BCUT2D eigenvalue weighted by Gasteiger charge is 2.71. The lowest BCUT2D eigenvalue weighted by molar-refractivity contribution is 0.163. The molecule has 368 valence electrons. The van der Waals surface area contributed by atoms with Crippen molar-refractivity contribution in [1.29, 1.82) is 0 Å². The summed E-state index contributed by atoms with van der Waals surface area (Å²) in [7, 11) is 0. The Balaban J connectivity index is 1.14. The normalized spacial score (nSPS) is 30.7. The van der Waals surface area contributed by atoms with E-state index in [2.05, 4.69) is 193 Å². The number of aryl methyl sites for hydroxylation is 1. The van der Waals surface area contributed by atoms with Crippen molar-refractivity contribution in [3.8, 4) is 11.1 Å². The topological polar surface area (TPSA) is 6.48 Å². The fourth-order valence-electron chi connectivity index (χ4n) is 18.5. The third-order valence-corrected chi connectivity index (χ3v) is 22.9. The van der Waals surface area contributed by atoms with E-state index in [1.165, 1.54) is 126 Å². The van der Waals surface area contributed by atoms with Crippen molar-refractivity contribution in [3.63, 3.8) is 0 Å². The summed E-state index contributed by atoms with van der Waals surface area (Å²) in [6.45, 7) is 38.6. The Bertz CT molecular complexity index is 3460. The second-order valence-corrected chi connectivity index (χ2v) is 30.4. The average molecular weight is 947 g/mol. The number of benzene rings is 5. The van der Waals surface area contributed by atoms with Gasteiger partial charge in [-0.25, -0.2) is 0 Å². The lowest BCUT2D eigenvalue weighted by atomic mass is 9.29. The molecule has 4 atom stereocenters. The van der Waals surface area contributed by atoms with Gasteiger partial charge < -0.3 is 9.80 Å². The minimum atomic E-state index is -0.0293. The highest BCUT2D eigenvalue weighted by atomic mass is 15.2. The molecular formula is C69H79BN2. The summed E-state index contributed by atoms with van der Waals surface area (Å²) in [5.74, 6) is 0.403. The van der Waals surface area contributed by atoms with Gasteiger partial charge in [0.1, 0.15) is 0 Å². The first kappa shape index (κ1) is 44.7. The van der Waals surface area contributed by atoms with E-state index >= 15 is 0 Å². The van der Waals surface area contributed by atoms with Crippen LogP contribution in [-0.2, 0) is 37.9 Å². The summed E-state index contributed by atoms with van der Waals surface area (Å²) >= 11 is 0. The van der Waals surface area contributed by atoms with Crippen molar-refractivity contribution in [2.45, 2.75) is 206 Å². The third kappa shape index (κ3) is 5.31. The molecule has 10 aliphatic rings. The van der Waals surface area contributed by atoms with E-state index in [0.29, 0.717) is 5.92 Å². The molecule has 4 heterocycles. The molecule has 5 aromatic rings. The quantitative estimate of drug-likeness (QED) is 0.155. The van der Waals surface area contributed by atoms with Crippen molar-refractivity contribution in [2.24, 2.45) is 16.7 Å². The zero-order valence-electron chi connectivity index (χ0n) is 46.6. The number of nitrogens with zero attached hydrogens (tertiary/aromatic N) is 2. The molecule has 4 aliphatic heterocycles. The van der Waals surface area contributed by atoms with E-state index in [-0.39, 0.29) is 55.4 Å². The molecule has 3 unspecified atom stereocenters. The zero-order chi connectivity index (χ0) is 50.2. The highest BCUT2D eigenvalue weighted by molar-refractivity contribution is 6.96. The maximum atomic E-state index is 2.98. The Morgan fingerprint density at radius 1 is 0.486 bits per heavy atom. The molecule has 2 nitrogen and oxygen atoms in total. The summed E-state index contributed by atoms with van der Waals surface area (Å²) in [6.07, 6.45) is 12.1. The van der Waals surface area contributed by atoms with Gasteiger partial charge in [0, 0.05) is 45.3 Å². The Morgan fingerprint density at radius 3 is 1.75 bits per heavy atom. The molecule has 6 bridgehead atoms. The third-order valence-electron chi connectivity index (χ3n) is 22.9. The van der Waals surface area contributed by atoms with Crippen LogP contribution in [0.25, 0.3) is 11.1 Å². The first-order chi connectivity index (χ1) is 33.7. The summed E-state index contributed by atoms with van der Waals surface area (Å²) in [4.78, 5) is 5.79. The Kier molecular flexibility index (Phi) is 8.08. The Labute approximate surface area is 433 Å². The molecule has 0 saturated heterocycles. The molecule has 3 heteroatoms. The van der Waals surface area contributed by atoms with Gasteiger partial charge in [-0.05, 0) is 235 Å². The number of hydrogen-bond acceptors (Lipinski definition) is 2. The van der Waals surface area contributed by atoms with Crippen molar-refractivity contribution < 1.29 is 0 Å². The van der Waals surface area contributed by atoms with Crippen LogP contribution in [-0.4, -0.2) is 6.71 Å². The molecule has 1 saturated carbocycles. The number of rotatable bonds is 1. The predicted molar refractivity (Wildman–Crippen MR) is 305 cm³/mol. The first-order valence-electron chi connectivity index (χ1n) is 28.6. The molecule has 5 aromatic carbocycles. The predicted octanol–water partition coefficient (Wildman–Crippen LogP) is 16.8. The standard InChI is InChI=1S/C69H79BN2/c1-39-29-54-57-55(30-39)72-52-35-47-46(63(6,7)23-24-64(47,8)9)33-43(52)40-17-16-18-41(31-40)69-37-50(69)59(72)58-56-60(69)66(12,13)26-28-68(56,15)38-67(14)27-25-65(10,11)48-36-53(51(70(57)58)34-49(48)67)71(54)42-19-20-44-45(32-42)62(4,5)22-21-61(44,2)3/h16-20,29-36,50H,21-28,37-38H2,1-15H3/t50-,67?,68?,69?/m0/s1. The zero-order valence-corrected chi connectivity index (χ0v) is 46.6. The SMILES string of the molecule is Cc1cc2c3c(c1)N(c1ccc4c(c1)C(C)(C)CCC4(C)C)c1cc4c5cc1B3C1=C3[C@@H]6CC6(C6=C1C(C)(CCC6(C)C)CC5(C)CCC4(C)C)c1cccc(c1)-c1cc4c(cc1N32)C(C)(C)CCC4(C)C. The maximum absolute atomic E-state index is 2.98. The van der Waals surface area contributed by atoms with Gasteiger partial charge in [-0.2, -0.15) is 0 Å². The van der Waals surface area contributed by atoms with Gasteiger partial charge in [0.2, 0.25) is 0 Å². The van der Waals surface area contributed by atoms with E-state index in [1.807, 2.05) is 5.57 Å². The Morgan fingerprint density at radius 2 is 1.06 bits per heavy atom. The summed E-state index contributed by atoms with van der Waals surface area (Å²) in [5, 5.41) is 0. The van der Waals surface area contributed by atoms with Gasteiger partial charge in [-0.3, -0.25) is 0 Å². The van der Waals surface area contributed by atoms with E-state index in [9.17, 15) is 0 Å². The minimum absolute atomic E-state index is 0.00475. The fraction of sp³-hybridized carbons (Fsp3) is 0.507. The van der Waals surface area contributed by atoms with Gasteiger partial charge in [0.15, 0.2) is 0 Å². The van der Waals surface area contributed by atoms with Crippen LogP contribution in [0.2, 0.25) is 0 Å². The number of hydrogen-bond donors (Lipinski definition) is 0. The molecule has 0 amide bonds. The molecule has 0 spiro atoms. The van der Waals surface area contributed by atoms with Gasteiger partial charge in [0.05, 0.1) is 5.69 Å². The number of allylic oxidation sites excluding steroid dienone is 4. The lowest BCUT2D eigenvalue weighted by Crippen LogP contribution is -2.59. The molecule has 6 aliphatic carbocycles.